The van der Waals surface area contributed by atoms with E-state index >= 15 is 0 Å². The van der Waals surface area contributed by atoms with Crippen LogP contribution in [0, 0.1) is 6.92 Å². The highest BCUT2D eigenvalue weighted by Crippen LogP contribution is 2.26. The highest BCUT2D eigenvalue weighted by atomic mass is 35.5. The number of carbonyl (C=O) groups is 1. The molecule has 0 aliphatic carbocycles. The largest absolute Gasteiger partial charge is 0.508 e. The Kier molecular flexibility index (Phi) is 4.58. The number of hydrogen-bond donors (Lipinski definition) is 1. The maximum absolute atomic E-state index is 12.1. The van der Waals surface area contributed by atoms with Gasteiger partial charge in [-0.3, -0.25) is 9.78 Å². The van der Waals surface area contributed by atoms with Gasteiger partial charge in [0.2, 0.25) is 5.91 Å². The highest BCUT2D eigenvalue weighted by molar-refractivity contribution is 6.29. The van der Waals surface area contributed by atoms with E-state index in [1.54, 1.807) is 35.5 Å². The number of pyridine rings is 1. The summed E-state index contributed by atoms with van der Waals surface area (Å²) in [4.78, 5) is 17.6. The van der Waals surface area contributed by atoms with Gasteiger partial charge in [-0.1, -0.05) is 0 Å². The number of nitrogens with zero attached hydrogens (tertiary/aromatic N) is 2. The lowest BCUT2D eigenvalue weighted by Crippen LogP contribution is -2.31. The predicted molar refractivity (Wildman–Crippen MR) is 79.0 cm³/mol. The quantitative estimate of drug-likeness (QED) is 0.881. The van der Waals surface area contributed by atoms with Crippen LogP contribution in [0.2, 0.25) is 0 Å². The van der Waals surface area contributed by atoms with Crippen molar-refractivity contribution in [1.29, 1.82) is 0 Å². The second kappa shape index (κ2) is 6.39. The normalized spacial score (nSPS) is 10.3. The summed E-state index contributed by atoms with van der Waals surface area (Å²) in [6, 6.07) is 8.60. The Bertz CT molecular complexity index is 602. The molecule has 1 aromatic carbocycles. The van der Waals surface area contributed by atoms with E-state index in [4.69, 9.17) is 11.6 Å². The molecule has 0 atom stereocenters. The Morgan fingerprint density at radius 1 is 1.30 bits per heavy atom. The molecule has 104 valence electrons. The SMILES string of the molecule is Cc1cc(O)ccc1N(Cc1ccncc1)C(=O)CCl. The van der Waals surface area contributed by atoms with Crippen LogP contribution >= 0.6 is 11.6 Å². The van der Waals surface area contributed by atoms with Gasteiger partial charge in [0, 0.05) is 18.1 Å². The number of aryl methyl sites for hydroxylation is 1. The van der Waals surface area contributed by atoms with Crippen LogP contribution in [-0.2, 0) is 11.3 Å². The van der Waals surface area contributed by atoms with Crippen LogP contribution < -0.4 is 4.90 Å². The second-order valence-corrected chi connectivity index (χ2v) is 4.71. The Balaban J connectivity index is 2.35. The van der Waals surface area contributed by atoms with E-state index in [-0.39, 0.29) is 17.5 Å². The third-order valence-corrected chi connectivity index (χ3v) is 3.21. The molecule has 1 N–H and O–H groups in total. The van der Waals surface area contributed by atoms with E-state index in [0.717, 1.165) is 16.8 Å². The molecule has 2 aromatic rings. The summed E-state index contributed by atoms with van der Waals surface area (Å²) in [5, 5.41) is 9.47. The molecule has 20 heavy (non-hydrogen) atoms. The zero-order valence-corrected chi connectivity index (χ0v) is 11.8. The summed E-state index contributed by atoms with van der Waals surface area (Å²) in [5.41, 5.74) is 2.52. The van der Waals surface area contributed by atoms with Crippen molar-refractivity contribution in [2.24, 2.45) is 0 Å². The number of rotatable bonds is 4. The number of aromatic nitrogens is 1. The minimum Gasteiger partial charge on any atom is -0.508 e. The van der Waals surface area contributed by atoms with Gasteiger partial charge in [0.25, 0.3) is 0 Å². The van der Waals surface area contributed by atoms with Crippen molar-refractivity contribution in [2.45, 2.75) is 13.5 Å². The number of amides is 1. The monoisotopic (exact) mass is 290 g/mol. The number of alkyl halides is 1. The fraction of sp³-hybridized carbons (Fsp3) is 0.200. The Hall–Kier alpha value is -2.07. The van der Waals surface area contributed by atoms with E-state index in [1.807, 2.05) is 19.1 Å². The highest BCUT2D eigenvalue weighted by Gasteiger charge is 2.17. The van der Waals surface area contributed by atoms with Gasteiger partial charge in [-0.2, -0.15) is 0 Å². The van der Waals surface area contributed by atoms with Crippen molar-refractivity contribution >= 4 is 23.2 Å². The Morgan fingerprint density at radius 2 is 2.00 bits per heavy atom. The smallest absolute Gasteiger partial charge is 0.242 e. The molecule has 0 fully saturated rings. The second-order valence-electron chi connectivity index (χ2n) is 4.44. The van der Waals surface area contributed by atoms with Crippen LogP contribution in [0.25, 0.3) is 0 Å². The average Bonchev–Trinajstić information content (AvgIpc) is 2.46. The molecule has 0 aliphatic heterocycles. The van der Waals surface area contributed by atoms with Gasteiger partial charge in [0.15, 0.2) is 0 Å². The third-order valence-electron chi connectivity index (χ3n) is 2.98. The zero-order chi connectivity index (χ0) is 14.5. The van der Waals surface area contributed by atoms with E-state index < -0.39 is 0 Å². The molecule has 1 amide bonds. The van der Waals surface area contributed by atoms with Crippen molar-refractivity contribution < 1.29 is 9.90 Å². The first-order valence-electron chi connectivity index (χ1n) is 6.16. The number of aromatic hydroxyl groups is 1. The predicted octanol–water partition coefficient (Wildman–Crippen LogP) is 2.87. The first kappa shape index (κ1) is 14.3. The number of phenols is 1. The van der Waals surface area contributed by atoms with Crippen LogP contribution in [0.5, 0.6) is 5.75 Å². The molecule has 0 aliphatic rings. The van der Waals surface area contributed by atoms with E-state index in [2.05, 4.69) is 4.98 Å². The molecular weight excluding hydrogens is 276 g/mol. The molecule has 1 aromatic heterocycles. The maximum atomic E-state index is 12.1. The van der Waals surface area contributed by atoms with Gasteiger partial charge in [-0.25, -0.2) is 0 Å². The van der Waals surface area contributed by atoms with Crippen LogP contribution in [0.15, 0.2) is 42.7 Å². The number of carbonyl (C=O) groups excluding carboxylic acids is 1. The number of hydrogen-bond acceptors (Lipinski definition) is 3. The summed E-state index contributed by atoms with van der Waals surface area (Å²) in [6.07, 6.45) is 3.37. The number of anilines is 1. The molecule has 2 rings (SSSR count). The van der Waals surface area contributed by atoms with Gasteiger partial charge >= 0.3 is 0 Å². The Morgan fingerprint density at radius 3 is 2.60 bits per heavy atom. The number of halogens is 1. The fourth-order valence-electron chi connectivity index (χ4n) is 1.99. The van der Waals surface area contributed by atoms with Gasteiger partial charge in [0.1, 0.15) is 11.6 Å². The third kappa shape index (κ3) is 3.27. The number of benzene rings is 1. The lowest BCUT2D eigenvalue weighted by Gasteiger charge is -2.24. The van der Waals surface area contributed by atoms with Gasteiger partial charge in [-0.15, -0.1) is 11.6 Å². The summed E-state index contributed by atoms with van der Waals surface area (Å²) in [7, 11) is 0. The van der Waals surface area contributed by atoms with Gasteiger partial charge in [-0.05, 0) is 48.4 Å². The van der Waals surface area contributed by atoms with Crippen molar-refractivity contribution in [3.05, 3.63) is 53.9 Å². The van der Waals surface area contributed by atoms with Crippen LogP contribution in [-0.4, -0.2) is 21.9 Å². The average molecular weight is 291 g/mol. The summed E-state index contributed by atoms with van der Waals surface area (Å²) < 4.78 is 0. The van der Waals surface area contributed by atoms with E-state index in [0.29, 0.717) is 6.54 Å². The Labute approximate surface area is 122 Å². The molecule has 0 unspecified atom stereocenters. The molecule has 1 heterocycles. The molecular formula is C15H15ClN2O2. The van der Waals surface area contributed by atoms with Crippen molar-refractivity contribution in [3.8, 4) is 5.75 Å². The van der Waals surface area contributed by atoms with Gasteiger partial charge < -0.3 is 10.0 Å². The molecule has 0 radical (unpaired) electrons. The van der Waals surface area contributed by atoms with Crippen LogP contribution in [0.4, 0.5) is 5.69 Å². The lowest BCUT2D eigenvalue weighted by atomic mass is 10.1. The molecule has 5 heteroatoms. The molecule has 0 saturated carbocycles. The van der Waals surface area contributed by atoms with Crippen molar-refractivity contribution in [3.63, 3.8) is 0 Å². The topological polar surface area (TPSA) is 53.4 Å². The minimum atomic E-state index is -0.183. The number of phenolic OH excluding ortho intramolecular Hbond substituents is 1. The van der Waals surface area contributed by atoms with Gasteiger partial charge in [0.05, 0.1) is 6.54 Å². The molecule has 0 spiro atoms. The van der Waals surface area contributed by atoms with E-state index in [9.17, 15) is 9.90 Å². The molecule has 0 bridgehead atoms. The van der Waals surface area contributed by atoms with E-state index in [1.165, 1.54) is 0 Å². The summed E-state index contributed by atoms with van der Waals surface area (Å²) >= 11 is 5.69. The van der Waals surface area contributed by atoms with Crippen LogP contribution in [0.3, 0.4) is 0 Å². The maximum Gasteiger partial charge on any atom is 0.242 e. The zero-order valence-electron chi connectivity index (χ0n) is 11.1. The lowest BCUT2D eigenvalue weighted by molar-refractivity contribution is -0.116. The fourth-order valence-corrected chi connectivity index (χ4v) is 2.14. The first-order valence-corrected chi connectivity index (χ1v) is 6.70. The van der Waals surface area contributed by atoms with Crippen molar-refractivity contribution in [2.75, 3.05) is 10.8 Å². The minimum absolute atomic E-state index is 0.0919. The molecule has 0 saturated heterocycles. The standard InChI is InChI=1S/C15H15ClN2O2/c1-11-8-13(19)2-3-14(11)18(15(20)9-16)10-12-4-6-17-7-5-12/h2-8,19H,9-10H2,1H3. The van der Waals surface area contributed by atoms with Crippen LogP contribution in [0.1, 0.15) is 11.1 Å². The first-order chi connectivity index (χ1) is 9.61. The summed E-state index contributed by atoms with van der Waals surface area (Å²) in [6.45, 7) is 2.26. The molecule has 4 nitrogen and oxygen atoms in total. The summed E-state index contributed by atoms with van der Waals surface area (Å²) in [5.74, 6) is -0.100. The van der Waals surface area contributed by atoms with Crippen molar-refractivity contribution in [1.82, 2.24) is 4.98 Å².